The molecule has 0 aliphatic carbocycles. The summed E-state index contributed by atoms with van der Waals surface area (Å²) in [6.07, 6.45) is 6.37. The van der Waals surface area contributed by atoms with Crippen LogP contribution in [0.1, 0.15) is 22.3 Å². The number of hydrogen-bond donors (Lipinski definition) is 0. The van der Waals surface area contributed by atoms with Gasteiger partial charge in [0.05, 0.1) is 48.7 Å². The van der Waals surface area contributed by atoms with E-state index in [4.69, 9.17) is 4.74 Å². The molecule has 4 heterocycles. The Labute approximate surface area is 189 Å². The summed E-state index contributed by atoms with van der Waals surface area (Å²) in [6.45, 7) is 3.42. The van der Waals surface area contributed by atoms with Crippen LogP contribution in [0, 0.1) is 12.7 Å². The molecule has 1 aromatic carbocycles. The van der Waals surface area contributed by atoms with E-state index in [1.54, 1.807) is 40.3 Å². The van der Waals surface area contributed by atoms with E-state index in [-0.39, 0.29) is 5.91 Å². The highest BCUT2D eigenvalue weighted by Crippen LogP contribution is 2.22. The summed E-state index contributed by atoms with van der Waals surface area (Å²) in [5.41, 5.74) is 3.28. The van der Waals surface area contributed by atoms with E-state index in [9.17, 15) is 9.18 Å². The zero-order chi connectivity index (χ0) is 22.8. The lowest BCUT2D eigenvalue weighted by atomic mass is 10.1. The molecule has 168 valence electrons. The van der Waals surface area contributed by atoms with Gasteiger partial charge in [0.15, 0.2) is 6.23 Å². The van der Waals surface area contributed by atoms with Crippen molar-refractivity contribution in [2.45, 2.75) is 26.1 Å². The van der Waals surface area contributed by atoms with Crippen molar-refractivity contribution in [1.82, 2.24) is 34.7 Å². The summed E-state index contributed by atoms with van der Waals surface area (Å²) in [6, 6.07) is 10.3. The summed E-state index contributed by atoms with van der Waals surface area (Å²) in [5, 5.41) is 12.9. The third-order valence-electron chi connectivity index (χ3n) is 5.45. The fraction of sp³-hybridized carbons (Fsp3) is 0.261. The van der Waals surface area contributed by atoms with Crippen LogP contribution in [0.5, 0.6) is 0 Å². The van der Waals surface area contributed by atoms with Gasteiger partial charge in [0.25, 0.3) is 5.91 Å². The predicted octanol–water partition coefficient (Wildman–Crippen LogP) is 2.86. The lowest BCUT2D eigenvalue weighted by Gasteiger charge is -2.36. The topological polar surface area (TPSA) is 91.0 Å². The summed E-state index contributed by atoms with van der Waals surface area (Å²) >= 11 is 0. The fourth-order valence-corrected chi connectivity index (χ4v) is 3.85. The van der Waals surface area contributed by atoms with Crippen LogP contribution in [0.2, 0.25) is 0 Å². The Hall–Kier alpha value is -3.92. The number of aromatic nitrogens is 6. The molecule has 1 unspecified atom stereocenters. The molecule has 33 heavy (non-hydrogen) atoms. The zero-order valence-corrected chi connectivity index (χ0v) is 18.0. The first-order chi connectivity index (χ1) is 16.1. The number of nitrogens with zero attached hydrogens (tertiary/aromatic N) is 7. The van der Waals surface area contributed by atoms with Gasteiger partial charge in [-0.3, -0.25) is 14.5 Å². The second-order valence-corrected chi connectivity index (χ2v) is 7.80. The van der Waals surface area contributed by atoms with E-state index in [0.717, 1.165) is 18.2 Å². The third kappa shape index (κ3) is 4.37. The quantitative estimate of drug-likeness (QED) is 0.467. The second kappa shape index (κ2) is 8.91. The Balaban J connectivity index is 1.39. The molecular formula is C23H22FN7O2. The van der Waals surface area contributed by atoms with Crippen molar-refractivity contribution in [3.8, 4) is 17.1 Å². The molecule has 0 saturated carbocycles. The van der Waals surface area contributed by atoms with Gasteiger partial charge in [0.2, 0.25) is 0 Å². The number of carbonyl (C=O) groups excluding carboxylic acids is 1. The van der Waals surface area contributed by atoms with Gasteiger partial charge in [-0.05, 0) is 43.7 Å². The maximum atomic E-state index is 13.6. The van der Waals surface area contributed by atoms with Crippen LogP contribution in [-0.2, 0) is 11.3 Å². The number of halogens is 1. The van der Waals surface area contributed by atoms with E-state index in [1.165, 1.54) is 10.9 Å². The van der Waals surface area contributed by atoms with Crippen LogP contribution in [0.4, 0.5) is 4.39 Å². The number of benzene rings is 1. The first-order valence-electron chi connectivity index (χ1n) is 10.6. The summed E-state index contributed by atoms with van der Waals surface area (Å²) in [4.78, 5) is 20.9. The van der Waals surface area contributed by atoms with E-state index < -0.39 is 12.0 Å². The van der Waals surface area contributed by atoms with Crippen molar-refractivity contribution >= 4 is 5.91 Å². The van der Waals surface area contributed by atoms with Crippen molar-refractivity contribution in [2.75, 3.05) is 13.2 Å². The molecule has 1 amide bonds. The number of hydrogen-bond acceptors (Lipinski definition) is 6. The van der Waals surface area contributed by atoms with E-state index in [1.807, 2.05) is 25.1 Å². The minimum atomic E-state index is -0.487. The second-order valence-electron chi connectivity index (χ2n) is 7.80. The van der Waals surface area contributed by atoms with Gasteiger partial charge in [-0.1, -0.05) is 11.6 Å². The van der Waals surface area contributed by atoms with Crippen LogP contribution in [0.25, 0.3) is 17.1 Å². The van der Waals surface area contributed by atoms with Crippen molar-refractivity contribution in [3.63, 3.8) is 0 Å². The van der Waals surface area contributed by atoms with Crippen LogP contribution in [-0.4, -0.2) is 59.9 Å². The number of aryl methyl sites for hydroxylation is 1. The Morgan fingerprint density at radius 3 is 2.79 bits per heavy atom. The molecule has 9 nitrogen and oxygen atoms in total. The fourth-order valence-electron chi connectivity index (χ4n) is 3.85. The molecule has 3 aromatic heterocycles. The van der Waals surface area contributed by atoms with Crippen molar-refractivity contribution in [2.24, 2.45) is 0 Å². The third-order valence-corrected chi connectivity index (χ3v) is 5.45. The molecule has 1 saturated heterocycles. The summed E-state index contributed by atoms with van der Waals surface area (Å²) in [7, 11) is 0. The van der Waals surface area contributed by atoms with Gasteiger partial charge < -0.3 is 9.64 Å². The van der Waals surface area contributed by atoms with Gasteiger partial charge >= 0.3 is 0 Å². The van der Waals surface area contributed by atoms with Gasteiger partial charge in [-0.15, -0.1) is 0 Å². The average Bonchev–Trinajstić information content (AvgIpc) is 3.52. The highest BCUT2D eigenvalue weighted by molar-refractivity contribution is 5.98. The summed E-state index contributed by atoms with van der Waals surface area (Å²) < 4.78 is 20.8. The van der Waals surface area contributed by atoms with Gasteiger partial charge in [0.1, 0.15) is 11.5 Å². The SMILES string of the molecule is Cc1ccc(-n2nccn2)c(C(=O)N2CCCOC2Cn2ccc(-c3ccc(F)cn3)n2)c1. The maximum Gasteiger partial charge on any atom is 0.258 e. The van der Waals surface area contributed by atoms with E-state index in [0.29, 0.717) is 42.3 Å². The molecule has 5 rings (SSSR count). The number of rotatable bonds is 5. The first kappa shape index (κ1) is 21.0. The number of pyridine rings is 1. The van der Waals surface area contributed by atoms with Crippen molar-refractivity contribution < 1.29 is 13.9 Å². The van der Waals surface area contributed by atoms with Gasteiger partial charge in [-0.25, -0.2) is 4.39 Å². The molecule has 10 heteroatoms. The molecular weight excluding hydrogens is 425 g/mol. The molecule has 1 aliphatic heterocycles. The average molecular weight is 447 g/mol. The maximum absolute atomic E-state index is 13.6. The van der Waals surface area contributed by atoms with Crippen LogP contribution >= 0.6 is 0 Å². The normalized spacial score (nSPS) is 16.2. The Morgan fingerprint density at radius 1 is 1.15 bits per heavy atom. The molecule has 0 N–H and O–H groups in total. The summed E-state index contributed by atoms with van der Waals surface area (Å²) in [5.74, 6) is -0.549. The van der Waals surface area contributed by atoms with Crippen molar-refractivity contribution in [1.29, 1.82) is 0 Å². The van der Waals surface area contributed by atoms with Gasteiger partial charge in [0, 0.05) is 12.7 Å². The van der Waals surface area contributed by atoms with Crippen LogP contribution < -0.4 is 0 Å². The zero-order valence-electron chi connectivity index (χ0n) is 18.0. The minimum absolute atomic E-state index is 0.150. The molecule has 0 bridgehead atoms. The Morgan fingerprint density at radius 2 is 2.00 bits per heavy atom. The number of amides is 1. The lowest BCUT2D eigenvalue weighted by molar-refractivity contribution is -0.0861. The lowest BCUT2D eigenvalue weighted by Crippen LogP contribution is -2.48. The largest absolute Gasteiger partial charge is 0.356 e. The van der Waals surface area contributed by atoms with Crippen LogP contribution in [0.3, 0.4) is 0 Å². The van der Waals surface area contributed by atoms with Crippen LogP contribution in [0.15, 0.2) is 61.2 Å². The minimum Gasteiger partial charge on any atom is -0.356 e. The molecule has 0 spiro atoms. The highest BCUT2D eigenvalue weighted by Gasteiger charge is 2.30. The molecule has 1 aliphatic rings. The van der Waals surface area contributed by atoms with E-state index >= 15 is 0 Å². The molecule has 1 atom stereocenters. The van der Waals surface area contributed by atoms with Gasteiger partial charge in [-0.2, -0.15) is 20.1 Å². The van der Waals surface area contributed by atoms with Crippen molar-refractivity contribution in [3.05, 3.63) is 78.1 Å². The molecule has 4 aromatic rings. The Bertz CT molecular complexity index is 1250. The molecule has 1 fully saturated rings. The molecule has 0 radical (unpaired) electrons. The number of ether oxygens (including phenoxy) is 1. The number of carbonyl (C=O) groups is 1. The first-order valence-corrected chi connectivity index (χ1v) is 10.6. The Kier molecular flexibility index (Phi) is 5.66. The monoisotopic (exact) mass is 447 g/mol. The predicted molar refractivity (Wildman–Crippen MR) is 117 cm³/mol. The van der Waals surface area contributed by atoms with E-state index in [2.05, 4.69) is 20.3 Å². The standard InChI is InChI=1S/C23H22FN7O2/c1-16-3-6-21(31-26-8-9-27-31)18(13-16)23(32)30-10-2-12-33-22(30)15-29-11-7-20(28-29)19-5-4-17(24)14-25-19/h3-9,11,13-14,22H,2,10,12,15H2,1H3. The highest BCUT2D eigenvalue weighted by atomic mass is 19.1. The smallest absolute Gasteiger partial charge is 0.258 e.